The van der Waals surface area contributed by atoms with Gasteiger partial charge in [0.2, 0.25) is 0 Å². The molecular formula is C16H15F3OS. The van der Waals surface area contributed by atoms with Gasteiger partial charge in [0.15, 0.2) is 0 Å². The third kappa shape index (κ3) is 3.94. The molecule has 0 bridgehead atoms. The van der Waals surface area contributed by atoms with Crippen LogP contribution in [0.4, 0.5) is 13.2 Å². The molecule has 0 aliphatic heterocycles. The van der Waals surface area contributed by atoms with Gasteiger partial charge in [-0.25, -0.2) is 0 Å². The van der Waals surface area contributed by atoms with Gasteiger partial charge in [0.25, 0.3) is 0 Å². The number of hydrogen-bond acceptors (Lipinski definition) is 2. The van der Waals surface area contributed by atoms with Gasteiger partial charge in [-0.3, -0.25) is 0 Å². The lowest BCUT2D eigenvalue weighted by molar-refractivity contribution is -0.137. The highest BCUT2D eigenvalue weighted by Crippen LogP contribution is 2.32. The van der Waals surface area contributed by atoms with E-state index in [4.69, 9.17) is 0 Å². The van der Waals surface area contributed by atoms with Gasteiger partial charge in [0.1, 0.15) is 5.75 Å². The van der Waals surface area contributed by atoms with Crippen LogP contribution >= 0.6 is 11.8 Å². The fraction of sp³-hybridized carbons (Fsp3) is 0.250. The van der Waals surface area contributed by atoms with E-state index in [1.165, 1.54) is 23.9 Å². The summed E-state index contributed by atoms with van der Waals surface area (Å²) < 4.78 is 37.4. The minimum atomic E-state index is -4.29. The van der Waals surface area contributed by atoms with Crippen LogP contribution in [0.25, 0.3) is 0 Å². The van der Waals surface area contributed by atoms with Gasteiger partial charge in [-0.2, -0.15) is 13.2 Å². The number of alkyl halides is 3. The summed E-state index contributed by atoms with van der Waals surface area (Å²) in [6.45, 7) is 3.65. The first-order valence-corrected chi connectivity index (χ1v) is 7.35. The molecule has 0 amide bonds. The smallest absolute Gasteiger partial charge is 0.416 e. The molecule has 1 N–H and O–H groups in total. The Morgan fingerprint density at radius 2 is 1.52 bits per heavy atom. The second-order valence-corrected chi connectivity index (χ2v) is 5.94. The molecule has 0 fully saturated rings. The summed E-state index contributed by atoms with van der Waals surface area (Å²) in [5.41, 5.74) is 1.79. The van der Waals surface area contributed by atoms with E-state index in [9.17, 15) is 18.3 Å². The van der Waals surface area contributed by atoms with Crippen molar-refractivity contribution in [1.82, 2.24) is 0 Å². The topological polar surface area (TPSA) is 20.2 Å². The molecule has 2 aromatic rings. The largest absolute Gasteiger partial charge is 0.507 e. The Hall–Kier alpha value is -1.62. The summed E-state index contributed by atoms with van der Waals surface area (Å²) in [6.07, 6.45) is -4.29. The number of thioether (sulfide) groups is 1. The summed E-state index contributed by atoms with van der Waals surface area (Å²) in [6, 6.07) is 8.94. The van der Waals surface area contributed by atoms with E-state index in [1.807, 2.05) is 26.0 Å². The molecule has 2 rings (SSSR count). The Balaban J connectivity index is 2.07. The van der Waals surface area contributed by atoms with Gasteiger partial charge in [-0.1, -0.05) is 12.1 Å². The van der Waals surface area contributed by atoms with Crippen LogP contribution in [0.2, 0.25) is 0 Å². The standard InChI is InChI=1S/C16H15F3OS/c1-10-7-14(8-11(2)15(10)20)21-9-12-3-5-13(6-4-12)16(17,18)19/h3-8,20H,9H2,1-2H3. The summed E-state index contributed by atoms with van der Waals surface area (Å²) in [5.74, 6) is 0.871. The molecule has 0 saturated carbocycles. The van der Waals surface area contributed by atoms with Crippen LogP contribution in [0.1, 0.15) is 22.3 Å². The van der Waals surface area contributed by atoms with Gasteiger partial charge in [0.05, 0.1) is 5.56 Å². The zero-order chi connectivity index (χ0) is 15.6. The van der Waals surface area contributed by atoms with Crippen molar-refractivity contribution in [3.63, 3.8) is 0 Å². The number of benzene rings is 2. The first kappa shape index (κ1) is 15.8. The van der Waals surface area contributed by atoms with Crippen LogP contribution in [-0.4, -0.2) is 5.11 Å². The molecule has 0 unspecified atom stereocenters. The zero-order valence-corrected chi connectivity index (χ0v) is 12.5. The quantitative estimate of drug-likeness (QED) is 0.774. The highest BCUT2D eigenvalue weighted by Gasteiger charge is 2.29. The molecule has 0 spiro atoms. The maximum absolute atomic E-state index is 12.5. The fourth-order valence-electron chi connectivity index (χ4n) is 1.96. The lowest BCUT2D eigenvalue weighted by Crippen LogP contribution is -2.04. The molecular weight excluding hydrogens is 297 g/mol. The molecule has 21 heavy (non-hydrogen) atoms. The van der Waals surface area contributed by atoms with Crippen molar-refractivity contribution in [2.75, 3.05) is 0 Å². The summed E-state index contributed by atoms with van der Waals surface area (Å²) in [4.78, 5) is 0.989. The van der Waals surface area contributed by atoms with Gasteiger partial charge in [0, 0.05) is 10.6 Å². The maximum atomic E-state index is 12.5. The number of phenolic OH excluding ortho intramolecular Hbond substituents is 1. The normalized spacial score (nSPS) is 11.7. The number of aromatic hydroxyl groups is 1. The minimum Gasteiger partial charge on any atom is -0.507 e. The SMILES string of the molecule is Cc1cc(SCc2ccc(C(F)(F)F)cc2)cc(C)c1O. The van der Waals surface area contributed by atoms with Crippen molar-refractivity contribution in [3.8, 4) is 5.75 Å². The Morgan fingerprint density at radius 3 is 2.00 bits per heavy atom. The number of hydrogen-bond donors (Lipinski definition) is 1. The highest BCUT2D eigenvalue weighted by molar-refractivity contribution is 7.98. The Kier molecular flexibility index (Phi) is 4.52. The first-order chi connectivity index (χ1) is 9.77. The van der Waals surface area contributed by atoms with Crippen LogP contribution in [-0.2, 0) is 11.9 Å². The number of aryl methyl sites for hydroxylation is 2. The second-order valence-electron chi connectivity index (χ2n) is 4.89. The average Bonchev–Trinajstić information content (AvgIpc) is 2.42. The second kappa shape index (κ2) is 6.02. The van der Waals surface area contributed by atoms with Crippen molar-refractivity contribution in [2.24, 2.45) is 0 Å². The van der Waals surface area contributed by atoms with E-state index in [1.54, 1.807) is 0 Å². The number of phenols is 1. The van der Waals surface area contributed by atoms with Gasteiger partial charge >= 0.3 is 6.18 Å². The maximum Gasteiger partial charge on any atom is 0.416 e. The molecule has 1 nitrogen and oxygen atoms in total. The van der Waals surface area contributed by atoms with Crippen LogP contribution < -0.4 is 0 Å². The molecule has 0 heterocycles. The van der Waals surface area contributed by atoms with E-state index >= 15 is 0 Å². The Bertz CT molecular complexity index is 610. The minimum absolute atomic E-state index is 0.286. The van der Waals surface area contributed by atoms with Crippen molar-refractivity contribution < 1.29 is 18.3 Å². The van der Waals surface area contributed by atoms with Crippen LogP contribution in [0, 0.1) is 13.8 Å². The third-order valence-corrected chi connectivity index (χ3v) is 4.20. The van der Waals surface area contributed by atoms with E-state index < -0.39 is 11.7 Å². The Labute approximate surface area is 125 Å². The molecule has 0 aromatic heterocycles. The van der Waals surface area contributed by atoms with Crippen molar-refractivity contribution in [1.29, 1.82) is 0 Å². The number of rotatable bonds is 3. The summed E-state index contributed by atoms with van der Waals surface area (Å²) >= 11 is 1.53. The predicted molar refractivity (Wildman–Crippen MR) is 78.6 cm³/mol. The molecule has 112 valence electrons. The first-order valence-electron chi connectivity index (χ1n) is 6.36. The van der Waals surface area contributed by atoms with Crippen molar-refractivity contribution in [3.05, 3.63) is 58.7 Å². The molecule has 0 saturated heterocycles. The van der Waals surface area contributed by atoms with E-state index in [0.717, 1.165) is 33.7 Å². The number of halogens is 3. The molecule has 0 aliphatic rings. The fourth-order valence-corrected chi connectivity index (χ4v) is 3.00. The van der Waals surface area contributed by atoms with Crippen LogP contribution in [0.15, 0.2) is 41.3 Å². The molecule has 0 radical (unpaired) electrons. The monoisotopic (exact) mass is 312 g/mol. The van der Waals surface area contributed by atoms with Gasteiger partial charge < -0.3 is 5.11 Å². The molecule has 2 aromatic carbocycles. The highest BCUT2D eigenvalue weighted by atomic mass is 32.2. The molecule has 0 aliphatic carbocycles. The van der Waals surface area contributed by atoms with Gasteiger partial charge in [-0.05, 0) is 54.8 Å². The lowest BCUT2D eigenvalue weighted by Gasteiger charge is -2.09. The van der Waals surface area contributed by atoms with E-state index in [0.29, 0.717) is 5.75 Å². The summed E-state index contributed by atoms with van der Waals surface area (Å²) in [5, 5.41) is 9.71. The van der Waals surface area contributed by atoms with Crippen molar-refractivity contribution in [2.45, 2.75) is 30.7 Å². The van der Waals surface area contributed by atoms with Gasteiger partial charge in [-0.15, -0.1) is 11.8 Å². The third-order valence-electron chi connectivity index (χ3n) is 3.15. The van der Waals surface area contributed by atoms with Crippen molar-refractivity contribution >= 4 is 11.8 Å². The van der Waals surface area contributed by atoms with Crippen LogP contribution in [0.3, 0.4) is 0 Å². The Morgan fingerprint density at radius 1 is 1.00 bits per heavy atom. The molecule has 0 atom stereocenters. The molecule has 5 heteroatoms. The van der Waals surface area contributed by atoms with Crippen LogP contribution in [0.5, 0.6) is 5.75 Å². The average molecular weight is 312 g/mol. The lowest BCUT2D eigenvalue weighted by atomic mass is 10.1. The zero-order valence-electron chi connectivity index (χ0n) is 11.7. The summed E-state index contributed by atoms with van der Waals surface area (Å²) in [7, 11) is 0. The predicted octanol–water partition coefficient (Wildman–Crippen LogP) is 5.32. The van der Waals surface area contributed by atoms with E-state index in [-0.39, 0.29) is 5.75 Å². The van der Waals surface area contributed by atoms with E-state index in [2.05, 4.69) is 0 Å².